The summed E-state index contributed by atoms with van der Waals surface area (Å²) in [6.45, 7) is 6.30. The van der Waals surface area contributed by atoms with E-state index in [9.17, 15) is 14.4 Å². The number of ether oxygens (including phenoxy) is 2. The van der Waals surface area contributed by atoms with Crippen molar-refractivity contribution < 1.29 is 23.9 Å². The van der Waals surface area contributed by atoms with E-state index in [1.165, 1.54) is 7.11 Å². The normalized spacial score (nSPS) is 18.8. The average Bonchev–Trinajstić information content (AvgIpc) is 3.44. The quantitative estimate of drug-likeness (QED) is 0.312. The van der Waals surface area contributed by atoms with E-state index >= 15 is 0 Å². The summed E-state index contributed by atoms with van der Waals surface area (Å²) < 4.78 is 11.5. The van der Waals surface area contributed by atoms with Gasteiger partial charge in [0.05, 0.1) is 49.2 Å². The molecule has 6 atom stereocenters. The maximum atomic E-state index is 13.6. The zero-order valence-electron chi connectivity index (χ0n) is 23.9. The zero-order valence-corrected chi connectivity index (χ0v) is 23.9. The van der Waals surface area contributed by atoms with Crippen LogP contribution in [0.2, 0.25) is 0 Å². The van der Waals surface area contributed by atoms with Gasteiger partial charge in [-0.15, -0.1) is 0 Å². The van der Waals surface area contributed by atoms with Gasteiger partial charge < -0.3 is 29.9 Å². The summed E-state index contributed by atoms with van der Waals surface area (Å²) >= 11 is 0. The molecular weight excluding hydrogens is 502 g/mol. The van der Waals surface area contributed by atoms with Crippen molar-refractivity contribution in [1.82, 2.24) is 25.1 Å². The van der Waals surface area contributed by atoms with Gasteiger partial charge in [0.25, 0.3) is 0 Å². The molecule has 1 aromatic rings. The van der Waals surface area contributed by atoms with Crippen LogP contribution in [0.5, 0.6) is 0 Å². The minimum atomic E-state index is -0.544. The van der Waals surface area contributed by atoms with Gasteiger partial charge >= 0.3 is 0 Å². The summed E-state index contributed by atoms with van der Waals surface area (Å²) in [5.41, 5.74) is 0. The van der Waals surface area contributed by atoms with Crippen molar-refractivity contribution in [2.45, 2.75) is 70.7 Å². The lowest BCUT2D eigenvalue weighted by Crippen LogP contribution is -2.53. The fraction of sp³-hybridized carbons (Fsp3) is 0.704. The van der Waals surface area contributed by atoms with Crippen LogP contribution >= 0.6 is 0 Å². The largest absolute Gasteiger partial charge is 0.379 e. The van der Waals surface area contributed by atoms with E-state index in [4.69, 9.17) is 14.7 Å². The van der Waals surface area contributed by atoms with Crippen molar-refractivity contribution in [2.75, 3.05) is 46.2 Å². The number of aromatic nitrogens is 2. The topological polar surface area (TPSA) is 150 Å². The molecule has 0 aliphatic carbocycles. The number of amides is 3. The van der Waals surface area contributed by atoms with Crippen molar-refractivity contribution in [3.05, 3.63) is 18.5 Å². The zero-order chi connectivity index (χ0) is 28.9. The molecule has 2 heterocycles. The second kappa shape index (κ2) is 16.0. The molecule has 1 aromatic heterocycles. The first kappa shape index (κ1) is 31.9. The van der Waals surface area contributed by atoms with Crippen molar-refractivity contribution >= 4 is 23.7 Å². The predicted octanol–water partition coefficient (Wildman–Crippen LogP) is 1.45. The highest BCUT2D eigenvalue weighted by atomic mass is 16.5. The standard InChI is InChI=1S/C27H43N7O5/c1-7-18(2)24(33(4)23(36)17-32-27-30-12-9-13-31-27)21(38-5)16-22(35)34-15-8-10-20(34)25(39-6)19(3)26(37)29-14-11-28/h9,12-13,18-21,24-25H,7-8,10,14-17H2,1-6H3,(H,29,37)(H,30,31,32)/t18-,19+,20-,21+,24-,25+/m0/s1. The van der Waals surface area contributed by atoms with E-state index in [0.29, 0.717) is 18.9 Å². The molecule has 1 aliphatic rings. The van der Waals surface area contributed by atoms with Gasteiger partial charge in [0.2, 0.25) is 23.7 Å². The SMILES string of the molecule is CC[C@H](C)[C@@H]([C@@H](CC(=O)N1CCC[C@H]1[C@H](OC)[C@@H](C)C(=O)NCC#N)OC)N(C)C(=O)CNc1ncccn1. The van der Waals surface area contributed by atoms with Gasteiger partial charge in [-0.1, -0.05) is 27.2 Å². The molecule has 0 spiro atoms. The summed E-state index contributed by atoms with van der Waals surface area (Å²) in [5.74, 6) is -0.684. The second-order valence-electron chi connectivity index (χ2n) is 9.95. The monoisotopic (exact) mass is 545 g/mol. The molecule has 39 heavy (non-hydrogen) atoms. The van der Waals surface area contributed by atoms with Gasteiger partial charge in [0, 0.05) is 40.2 Å². The summed E-state index contributed by atoms with van der Waals surface area (Å²) in [6.07, 6.45) is 4.51. The molecule has 0 saturated carbocycles. The molecule has 1 aliphatic heterocycles. The lowest BCUT2D eigenvalue weighted by molar-refractivity contribution is -0.145. The van der Waals surface area contributed by atoms with Crippen LogP contribution in [-0.4, -0.2) is 103 Å². The molecule has 0 bridgehead atoms. The Hall–Kier alpha value is -3.30. The Balaban J connectivity index is 2.14. The molecule has 3 amide bonds. The van der Waals surface area contributed by atoms with E-state index in [1.54, 1.807) is 49.3 Å². The Morgan fingerprint density at radius 1 is 1.23 bits per heavy atom. The number of likely N-dealkylation sites (tertiary alicyclic amines) is 1. The Labute approximate surface area is 231 Å². The van der Waals surface area contributed by atoms with E-state index in [1.807, 2.05) is 19.9 Å². The molecule has 216 valence electrons. The minimum Gasteiger partial charge on any atom is -0.379 e. The van der Waals surface area contributed by atoms with Gasteiger partial charge in [-0.2, -0.15) is 5.26 Å². The number of rotatable bonds is 15. The molecule has 1 fully saturated rings. The number of nitriles is 1. The number of methoxy groups -OCH3 is 2. The molecule has 1 saturated heterocycles. The summed E-state index contributed by atoms with van der Waals surface area (Å²) in [7, 11) is 4.82. The first-order valence-electron chi connectivity index (χ1n) is 13.5. The van der Waals surface area contributed by atoms with Crippen LogP contribution in [0.3, 0.4) is 0 Å². The van der Waals surface area contributed by atoms with Crippen LogP contribution in [-0.2, 0) is 23.9 Å². The third-order valence-electron chi connectivity index (χ3n) is 7.61. The van der Waals surface area contributed by atoms with Crippen molar-refractivity contribution in [3.8, 4) is 6.07 Å². The number of hydrogen-bond donors (Lipinski definition) is 2. The highest BCUT2D eigenvalue weighted by Crippen LogP contribution is 2.29. The number of carbonyl (C=O) groups excluding carboxylic acids is 3. The van der Waals surface area contributed by atoms with Crippen LogP contribution in [0.25, 0.3) is 0 Å². The number of likely N-dealkylation sites (N-methyl/N-ethyl adjacent to an activating group) is 1. The molecule has 0 unspecified atom stereocenters. The van der Waals surface area contributed by atoms with Gasteiger partial charge in [-0.3, -0.25) is 14.4 Å². The van der Waals surface area contributed by atoms with Crippen LogP contribution < -0.4 is 10.6 Å². The minimum absolute atomic E-state index is 0.00724. The summed E-state index contributed by atoms with van der Waals surface area (Å²) in [5, 5.41) is 14.3. The highest BCUT2D eigenvalue weighted by molar-refractivity contribution is 5.81. The van der Waals surface area contributed by atoms with Crippen molar-refractivity contribution in [1.29, 1.82) is 5.26 Å². The highest BCUT2D eigenvalue weighted by Gasteiger charge is 2.41. The van der Waals surface area contributed by atoms with Gasteiger partial charge in [-0.05, 0) is 24.8 Å². The van der Waals surface area contributed by atoms with Crippen LogP contribution in [0.4, 0.5) is 5.95 Å². The summed E-state index contributed by atoms with van der Waals surface area (Å²) in [6, 6.07) is 2.98. The molecule has 2 N–H and O–H groups in total. The Morgan fingerprint density at radius 2 is 1.92 bits per heavy atom. The lowest BCUT2D eigenvalue weighted by Gasteiger charge is -2.39. The number of nitrogens with zero attached hydrogens (tertiary/aromatic N) is 5. The molecule has 12 heteroatoms. The Kier molecular flexibility index (Phi) is 13.1. The molecule has 0 aromatic carbocycles. The van der Waals surface area contributed by atoms with E-state index < -0.39 is 18.1 Å². The fourth-order valence-electron chi connectivity index (χ4n) is 5.28. The fourth-order valence-corrected chi connectivity index (χ4v) is 5.28. The molecule has 0 radical (unpaired) electrons. The average molecular weight is 546 g/mol. The first-order chi connectivity index (χ1) is 18.7. The Morgan fingerprint density at radius 3 is 2.51 bits per heavy atom. The summed E-state index contributed by atoms with van der Waals surface area (Å²) in [4.78, 5) is 50.9. The first-order valence-corrected chi connectivity index (χ1v) is 13.5. The van der Waals surface area contributed by atoms with Crippen LogP contribution in [0.1, 0.15) is 46.5 Å². The van der Waals surface area contributed by atoms with Crippen LogP contribution in [0.15, 0.2) is 18.5 Å². The lowest BCUT2D eigenvalue weighted by atomic mass is 9.90. The van der Waals surface area contributed by atoms with E-state index in [0.717, 1.165) is 12.8 Å². The van der Waals surface area contributed by atoms with E-state index in [2.05, 4.69) is 20.6 Å². The number of nitrogens with one attached hydrogen (secondary N) is 2. The maximum Gasteiger partial charge on any atom is 0.242 e. The molecule has 2 rings (SSSR count). The number of hydrogen-bond acceptors (Lipinski definition) is 9. The maximum absolute atomic E-state index is 13.6. The van der Waals surface area contributed by atoms with Gasteiger partial charge in [-0.25, -0.2) is 9.97 Å². The smallest absolute Gasteiger partial charge is 0.242 e. The van der Waals surface area contributed by atoms with Gasteiger partial charge in [0.15, 0.2) is 0 Å². The van der Waals surface area contributed by atoms with E-state index in [-0.39, 0.29) is 55.2 Å². The molecular formula is C27H43N7O5. The third-order valence-corrected chi connectivity index (χ3v) is 7.61. The second-order valence-corrected chi connectivity index (χ2v) is 9.95. The third kappa shape index (κ3) is 8.60. The van der Waals surface area contributed by atoms with Gasteiger partial charge in [0.1, 0.15) is 6.54 Å². The van der Waals surface area contributed by atoms with Crippen molar-refractivity contribution in [3.63, 3.8) is 0 Å². The number of carbonyl (C=O) groups is 3. The molecule has 12 nitrogen and oxygen atoms in total. The van der Waals surface area contributed by atoms with Crippen LogP contribution in [0, 0.1) is 23.2 Å². The van der Waals surface area contributed by atoms with Crippen molar-refractivity contribution in [2.24, 2.45) is 11.8 Å². The Bertz CT molecular complexity index is 973. The number of anilines is 1. The predicted molar refractivity (Wildman–Crippen MR) is 145 cm³/mol.